The highest BCUT2D eigenvalue weighted by Gasteiger charge is 2.49. The summed E-state index contributed by atoms with van der Waals surface area (Å²) in [5.41, 5.74) is 1.52. The number of amides is 2. The van der Waals surface area contributed by atoms with Crippen molar-refractivity contribution in [1.82, 2.24) is 10.0 Å². The molecule has 1 fully saturated rings. The van der Waals surface area contributed by atoms with Crippen molar-refractivity contribution in [1.29, 1.82) is 0 Å². The molecule has 0 bridgehead atoms. The molecule has 4 nitrogen and oxygen atoms in total. The lowest BCUT2D eigenvalue weighted by molar-refractivity contribution is -0.199. The lowest BCUT2D eigenvalue weighted by Crippen LogP contribution is -2.69. The monoisotopic (exact) mass is 294 g/mol. The van der Waals surface area contributed by atoms with Gasteiger partial charge in [-0.1, -0.05) is 60.7 Å². The summed E-state index contributed by atoms with van der Waals surface area (Å²) in [7, 11) is 0. The number of rotatable bonds is 3. The van der Waals surface area contributed by atoms with Crippen LogP contribution in [0.15, 0.2) is 60.7 Å². The fourth-order valence-electron chi connectivity index (χ4n) is 3.02. The van der Waals surface area contributed by atoms with Crippen LogP contribution >= 0.6 is 0 Å². The van der Waals surface area contributed by atoms with Gasteiger partial charge in [0.15, 0.2) is 0 Å². The number of hydrogen-bond donors (Lipinski definition) is 0. The van der Waals surface area contributed by atoms with Gasteiger partial charge in [0.25, 0.3) is 5.91 Å². The van der Waals surface area contributed by atoms with E-state index in [-0.39, 0.29) is 18.4 Å². The van der Waals surface area contributed by atoms with Crippen LogP contribution in [0.3, 0.4) is 0 Å². The minimum absolute atomic E-state index is 0.161. The number of hydrogen-bond acceptors (Lipinski definition) is 3. The normalized spacial score (nSPS) is 15.5. The summed E-state index contributed by atoms with van der Waals surface area (Å²) in [5.74, 6) is -0.417. The third-order valence-electron chi connectivity index (χ3n) is 4.25. The van der Waals surface area contributed by atoms with E-state index in [9.17, 15) is 9.59 Å². The fourth-order valence-corrected chi connectivity index (χ4v) is 3.02. The Bertz CT molecular complexity index is 650. The largest absolute Gasteiger partial charge is 0.273 e. The Hall–Kier alpha value is -2.46. The molecule has 0 unspecified atom stereocenters. The van der Waals surface area contributed by atoms with Crippen LogP contribution in [0.5, 0.6) is 0 Å². The molecular formula is C18H18N2O2. The second-order valence-electron chi connectivity index (χ2n) is 5.59. The van der Waals surface area contributed by atoms with Gasteiger partial charge in [0.1, 0.15) is 6.54 Å². The number of hydrazine groups is 1. The lowest BCUT2D eigenvalue weighted by atomic mass is 9.83. The Kier molecular flexibility index (Phi) is 3.54. The van der Waals surface area contributed by atoms with Crippen LogP contribution < -0.4 is 0 Å². The van der Waals surface area contributed by atoms with Crippen LogP contribution in [0.1, 0.15) is 25.0 Å². The van der Waals surface area contributed by atoms with Gasteiger partial charge in [0, 0.05) is 6.92 Å². The number of carbonyl (C=O) groups excluding carboxylic acids is 2. The van der Waals surface area contributed by atoms with Crippen molar-refractivity contribution < 1.29 is 9.59 Å². The summed E-state index contributed by atoms with van der Waals surface area (Å²) < 4.78 is 0. The van der Waals surface area contributed by atoms with Crippen molar-refractivity contribution in [3.8, 4) is 0 Å². The molecule has 1 saturated heterocycles. The van der Waals surface area contributed by atoms with Gasteiger partial charge in [-0.15, -0.1) is 0 Å². The van der Waals surface area contributed by atoms with Crippen LogP contribution in [0.4, 0.5) is 0 Å². The Labute approximate surface area is 129 Å². The molecule has 1 aliphatic rings. The molecule has 22 heavy (non-hydrogen) atoms. The molecule has 2 amide bonds. The topological polar surface area (TPSA) is 40.6 Å². The number of imide groups is 1. The highest BCUT2D eigenvalue weighted by atomic mass is 16.2. The standard InChI is InChI=1S/C18H18N2O2/c1-14(21)20-17(22)13-19(20)18(2,15-9-5-3-6-10-15)16-11-7-4-8-12-16/h3-12H,13H2,1-2H3. The van der Waals surface area contributed by atoms with Gasteiger partial charge >= 0.3 is 0 Å². The van der Waals surface area contributed by atoms with E-state index >= 15 is 0 Å². The van der Waals surface area contributed by atoms with Gasteiger partial charge in [-0.3, -0.25) is 9.59 Å². The summed E-state index contributed by atoms with van der Waals surface area (Å²) in [6.45, 7) is 3.69. The first kappa shape index (κ1) is 14.5. The molecule has 0 N–H and O–H groups in total. The zero-order chi connectivity index (χ0) is 15.7. The third kappa shape index (κ3) is 2.12. The molecule has 0 atom stereocenters. The molecule has 0 aliphatic carbocycles. The van der Waals surface area contributed by atoms with Crippen LogP contribution in [0.25, 0.3) is 0 Å². The minimum Gasteiger partial charge on any atom is -0.273 e. The van der Waals surface area contributed by atoms with Crippen LogP contribution in [0, 0.1) is 0 Å². The van der Waals surface area contributed by atoms with Gasteiger partial charge in [0.2, 0.25) is 5.91 Å². The van der Waals surface area contributed by atoms with Gasteiger partial charge in [-0.2, -0.15) is 5.01 Å². The molecule has 3 rings (SSSR count). The summed E-state index contributed by atoms with van der Waals surface area (Å²) in [5, 5.41) is 3.07. The Morgan fingerprint density at radius 1 is 0.955 bits per heavy atom. The second-order valence-corrected chi connectivity index (χ2v) is 5.59. The average molecular weight is 294 g/mol. The Morgan fingerprint density at radius 2 is 1.41 bits per heavy atom. The maximum absolute atomic E-state index is 11.9. The molecule has 0 spiro atoms. The quantitative estimate of drug-likeness (QED) is 0.873. The predicted molar refractivity (Wildman–Crippen MR) is 83.6 cm³/mol. The van der Waals surface area contributed by atoms with Crippen LogP contribution in [-0.4, -0.2) is 28.4 Å². The van der Waals surface area contributed by atoms with Crippen molar-refractivity contribution in [2.75, 3.05) is 6.54 Å². The highest BCUT2D eigenvalue weighted by molar-refractivity contribution is 5.98. The Balaban J connectivity index is 2.13. The van der Waals surface area contributed by atoms with Crippen LogP contribution in [-0.2, 0) is 15.1 Å². The molecule has 0 aromatic heterocycles. The van der Waals surface area contributed by atoms with E-state index in [4.69, 9.17) is 0 Å². The van der Waals surface area contributed by atoms with Gasteiger partial charge in [-0.25, -0.2) is 5.01 Å². The molecule has 2 aromatic rings. The highest BCUT2D eigenvalue weighted by Crippen LogP contribution is 2.39. The van der Waals surface area contributed by atoms with E-state index in [1.807, 2.05) is 72.6 Å². The van der Waals surface area contributed by atoms with E-state index in [0.29, 0.717) is 0 Å². The van der Waals surface area contributed by atoms with Gasteiger partial charge < -0.3 is 0 Å². The first-order valence-corrected chi connectivity index (χ1v) is 7.27. The molecule has 1 heterocycles. The van der Waals surface area contributed by atoms with Crippen molar-refractivity contribution in [3.63, 3.8) is 0 Å². The summed E-state index contributed by atoms with van der Waals surface area (Å²) in [6.07, 6.45) is 0. The number of nitrogens with zero attached hydrogens (tertiary/aromatic N) is 2. The first-order chi connectivity index (χ1) is 10.5. The van der Waals surface area contributed by atoms with E-state index in [0.717, 1.165) is 11.1 Å². The zero-order valence-corrected chi connectivity index (χ0v) is 12.7. The van der Waals surface area contributed by atoms with E-state index in [2.05, 4.69) is 0 Å². The predicted octanol–water partition coefficient (Wildman–Crippen LogP) is 2.56. The fraction of sp³-hybridized carbons (Fsp3) is 0.222. The maximum atomic E-state index is 11.9. The van der Waals surface area contributed by atoms with Gasteiger partial charge in [-0.05, 0) is 18.1 Å². The number of benzene rings is 2. The first-order valence-electron chi connectivity index (χ1n) is 7.27. The summed E-state index contributed by atoms with van der Waals surface area (Å²) in [6, 6.07) is 19.9. The molecule has 0 saturated carbocycles. The molecule has 112 valence electrons. The van der Waals surface area contributed by atoms with Crippen molar-refractivity contribution >= 4 is 11.8 Å². The molecular weight excluding hydrogens is 276 g/mol. The van der Waals surface area contributed by atoms with E-state index < -0.39 is 5.54 Å². The minimum atomic E-state index is -0.567. The van der Waals surface area contributed by atoms with Crippen molar-refractivity contribution in [2.24, 2.45) is 0 Å². The molecule has 2 aromatic carbocycles. The van der Waals surface area contributed by atoms with Gasteiger partial charge in [0.05, 0.1) is 5.54 Å². The molecule has 0 radical (unpaired) electrons. The maximum Gasteiger partial charge on any atom is 0.260 e. The smallest absolute Gasteiger partial charge is 0.260 e. The molecule has 1 aliphatic heterocycles. The van der Waals surface area contributed by atoms with E-state index in [1.165, 1.54) is 11.9 Å². The van der Waals surface area contributed by atoms with Crippen molar-refractivity contribution in [2.45, 2.75) is 19.4 Å². The average Bonchev–Trinajstić information content (AvgIpc) is 2.53. The van der Waals surface area contributed by atoms with Crippen molar-refractivity contribution in [3.05, 3.63) is 71.8 Å². The SMILES string of the molecule is CC(=O)N1C(=O)CN1C(C)(c1ccccc1)c1ccccc1. The molecule has 4 heteroatoms. The van der Waals surface area contributed by atoms with E-state index in [1.54, 1.807) is 0 Å². The van der Waals surface area contributed by atoms with Crippen LogP contribution in [0.2, 0.25) is 0 Å². The lowest BCUT2D eigenvalue weighted by Gasteiger charge is -2.52. The summed E-state index contributed by atoms with van der Waals surface area (Å²) >= 11 is 0. The third-order valence-corrected chi connectivity index (χ3v) is 4.25. The number of carbonyl (C=O) groups is 2. The second kappa shape index (κ2) is 5.39. The zero-order valence-electron chi connectivity index (χ0n) is 12.7. The Morgan fingerprint density at radius 3 is 1.77 bits per heavy atom. The summed E-state index contributed by atoms with van der Waals surface area (Å²) in [4.78, 5) is 23.7.